The molecule has 1 aliphatic heterocycles. The standard InChI is InChI=1S/C25H28N6OS/c1-16-11-20(14-31(16)21-7-8-22-24(13-21)33-15-26-22)27-17(2)18-5-4-6-19(12-18)28-25(32)23-9-10-30(3)29-23/h4-10,12-13,15-17,20,27H,11,14H2,1-3H3,(H,28,32). The first-order valence-electron chi connectivity index (χ1n) is 11.2. The quantitative estimate of drug-likeness (QED) is 0.440. The van der Waals surface area contributed by atoms with Crippen LogP contribution in [0.1, 0.15) is 42.4 Å². The summed E-state index contributed by atoms with van der Waals surface area (Å²) in [5.74, 6) is -0.202. The number of aromatic nitrogens is 3. The normalized spacial score (nSPS) is 19.2. The second-order valence-electron chi connectivity index (χ2n) is 8.78. The van der Waals surface area contributed by atoms with Crippen LogP contribution >= 0.6 is 11.3 Å². The van der Waals surface area contributed by atoms with Crippen LogP contribution in [0.2, 0.25) is 0 Å². The molecule has 8 heteroatoms. The number of carbonyl (C=O) groups is 1. The lowest BCUT2D eigenvalue weighted by Crippen LogP contribution is -2.34. The van der Waals surface area contributed by atoms with E-state index < -0.39 is 0 Å². The topological polar surface area (TPSA) is 75.1 Å². The van der Waals surface area contributed by atoms with Crippen LogP contribution in [0.15, 0.2) is 60.2 Å². The van der Waals surface area contributed by atoms with Crippen molar-refractivity contribution < 1.29 is 4.79 Å². The minimum absolute atomic E-state index is 0.165. The molecule has 0 spiro atoms. The molecule has 7 nitrogen and oxygen atoms in total. The predicted molar refractivity (Wildman–Crippen MR) is 134 cm³/mol. The Labute approximate surface area is 197 Å². The summed E-state index contributed by atoms with van der Waals surface area (Å²) in [7, 11) is 1.80. The van der Waals surface area contributed by atoms with Crippen LogP contribution in [-0.2, 0) is 7.05 Å². The number of nitrogens with one attached hydrogen (secondary N) is 2. The Morgan fingerprint density at radius 1 is 1.21 bits per heavy atom. The molecule has 33 heavy (non-hydrogen) atoms. The number of fused-ring (bicyclic) bond motifs is 1. The first kappa shape index (κ1) is 21.6. The number of nitrogens with zero attached hydrogens (tertiary/aromatic N) is 4. The number of thiazole rings is 1. The minimum atomic E-state index is -0.202. The van der Waals surface area contributed by atoms with Crippen molar-refractivity contribution in [2.75, 3.05) is 16.8 Å². The molecule has 5 rings (SSSR count). The molecular formula is C25H28N6OS. The molecule has 2 N–H and O–H groups in total. The smallest absolute Gasteiger partial charge is 0.276 e. The third-order valence-corrected chi connectivity index (χ3v) is 7.09. The van der Waals surface area contributed by atoms with Crippen molar-refractivity contribution in [3.05, 3.63) is 71.5 Å². The van der Waals surface area contributed by atoms with Crippen molar-refractivity contribution in [2.24, 2.45) is 7.05 Å². The van der Waals surface area contributed by atoms with E-state index in [2.05, 4.69) is 63.7 Å². The van der Waals surface area contributed by atoms with E-state index in [0.717, 1.165) is 29.7 Å². The van der Waals surface area contributed by atoms with E-state index in [4.69, 9.17) is 0 Å². The molecule has 3 atom stereocenters. The third-order valence-electron chi connectivity index (χ3n) is 6.30. The summed E-state index contributed by atoms with van der Waals surface area (Å²) in [6.45, 7) is 5.43. The summed E-state index contributed by atoms with van der Waals surface area (Å²) in [5.41, 5.74) is 6.55. The fraction of sp³-hybridized carbons (Fsp3) is 0.320. The van der Waals surface area contributed by atoms with Gasteiger partial charge in [-0.25, -0.2) is 4.98 Å². The highest BCUT2D eigenvalue weighted by Crippen LogP contribution is 2.31. The van der Waals surface area contributed by atoms with E-state index in [-0.39, 0.29) is 11.9 Å². The lowest BCUT2D eigenvalue weighted by Gasteiger charge is -2.24. The maximum Gasteiger partial charge on any atom is 0.276 e. The van der Waals surface area contributed by atoms with Crippen LogP contribution in [0.25, 0.3) is 10.2 Å². The van der Waals surface area contributed by atoms with Gasteiger partial charge in [0.1, 0.15) is 0 Å². The van der Waals surface area contributed by atoms with E-state index in [0.29, 0.717) is 17.8 Å². The monoisotopic (exact) mass is 460 g/mol. The van der Waals surface area contributed by atoms with Gasteiger partial charge in [0.25, 0.3) is 5.91 Å². The number of rotatable bonds is 6. The average Bonchev–Trinajstić information content (AvgIpc) is 3.53. The number of hydrogen-bond acceptors (Lipinski definition) is 6. The summed E-state index contributed by atoms with van der Waals surface area (Å²) in [6, 6.07) is 17.3. The summed E-state index contributed by atoms with van der Waals surface area (Å²) in [4.78, 5) is 19.3. The lowest BCUT2D eigenvalue weighted by molar-refractivity contribution is 0.102. The zero-order valence-electron chi connectivity index (χ0n) is 19.0. The Hall–Kier alpha value is -3.23. The molecule has 3 heterocycles. The van der Waals surface area contributed by atoms with Crippen molar-refractivity contribution in [2.45, 2.75) is 38.4 Å². The highest BCUT2D eigenvalue weighted by molar-refractivity contribution is 7.16. The van der Waals surface area contributed by atoms with E-state index in [1.165, 1.54) is 10.4 Å². The van der Waals surface area contributed by atoms with Crippen LogP contribution in [0.4, 0.5) is 11.4 Å². The second kappa shape index (κ2) is 8.96. The number of benzene rings is 2. The van der Waals surface area contributed by atoms with Gasteiger partial charge in [-0.05, 0) is 62.2 Å². The van der Waals surface area contributed by atoms with Crippen LogP contribution < -0.4 is 15.5 Å². The summed E-state index contributed by atoms with van der Waals surface area (Å²) < 4.78 is 2.85. The van der Waals surface area contributed by atoms with E-state index in [9.17, 15) is 4.79 Å². The number of anilines is 2. The van der Waals surface area contributed by atoms with Gasteiger partial charge in [0.2, 0.25) is 0 Å². The number of aryl methyl sites for hydroxylation is 1. The molecule has 1 aliphatic rings. The molecule has 0 bridgehead atoms. The maximum absolute atomic E-state index is 12.4. The molecule has 0 saturated carbocycles. The van der Waals surface area contributed by atoms with Crippen LogP contribution in [0.5, 0.6) is 0 Å². The highest BCUT2D eigenvalue weighted by Gasteiger charge is 2.30. The average molecular weight is 461 g/mol. The van der Waals surface area contributed by atoms with Gasteiger partial charge in [0.15, 0.2) is 5.69 Å². The summed E-state index contributed by atoms with van der Waals surface area (Å²) >= 11 is 1.69. The molecule has 2 aromatic heterocycles. The molecule has 4 aromatic rings. The van der Waals surface area contributed by atoms with Gasteiger partial charge in [0, 0.05) is 49.3 Å². The van der Waals surface area contributed by atoms with Crippen molar-refractivity contribution in [1.29, 1.82) is 0 Å². The van der Waals surface area contributed by atoms with Crippen molar-refractivity contribution in [3.8, 4) is 0 Å². The van der Waals surface area contributed by atoms with Gasteiger partial charge in [-0.3, -0.25) is 9.48 Å². The van der Waals surface area contributed by atoms with Crippen LogP contribution in [0, 0.1) is 0 Å². The predicted octanol–water partition coefficient (Wildman–Crippen LogP) is 4.60. The number of hydrogen-bond donors (Lipinski definition) is 2. The highest BCUT2D eigenvalue weighted by atomic mass is 32.1. The Balaban J connectivity index is 1.23. The van der Waals surface area contributed by atoms with E-state index >= 15 is 0 Å². The Morgan fingerprint density at radius 2 is 2.09 bits per heavy atom. The van der Waals surface area contributed by atoms with Crippen LogP contribution in [-0.4, -0.2) is 39.3 Å². The zero-order chi connectivity index (χ0) is 22.9. The molecule has 170 valence electrons. The molecule has 2 aromatic carbocycles. The maximum atomic E-state index is 12.4. The Bertz CT molecular complexity index is 1280. The fourth-order valence-corrected chi connectivity index (χ4v) is 5.31. The molecule has 1 saturated heterocycles. The van der Waals surface area contributed by atoms with Gasteiger partial charge < -0.3 is 15.5 Å². The Morgan fingerprint density at radius 3 is 2.91 bits per heavy atom. The number of amides is 1. The third kappa shape index (κ3) is 4.62. The molecular weight excluding hydrogens is 432 g/mol. The van der Waals surface area contributed by atoms with Gasteiger partial charge in [0.05, 0.1) is 15.7 Å². The van der Waals surface area contributed by atoms with Crippen molar-refractivity contribution in [1.82, 2.24) is 20.1 Å². The lowest BCUT2D eigenvalue weighted by atomic mass is 10.1. The van der Waals surface area contributed by atoms with Gasteiger partial charge in [-0.2, -0.15) is 5.10 Å². The van der Waals surface area contributed by atoms with E-state index in [1.54, 1.807) is 35.3 Å². The molecule has 0 radical (unpaired) electrons. The second-order valence-corrected chi connectivity index (χ2v) is 9.67. The first-order valence-corrected chi connectivity index (χ1v) is 12.1. The SMILES string of the molecule is CC(NC1CC(C)N(c2ccc3ncsc3c2)C1)c1cccc(NC(=O)c2ccn(C)n2)c1. The largest absolute Gasteiger partial charge is 0.367 e. The van der Waals surface area contributed by atoms with Crippen LogP contribution in [0.3, 0.4) is 0 Å². The molecule has 0 aliphatic carbocycles. The molecule has 1 fully saturated rings. The van der Waals surface area contributed by atoms with Crippen molar-refractivity contribution >= 4 is 38.8 Å². The first-order chi connectivity index (χ1) is 16.0. The minimum Gasteiger partial charge on any atom is -0.367 e. The zero-order valence-corrected chi connectivity index (χ0v) is 19.8. The molecule has 3 unspecified atom stereocenters. The fourth-order valence-electron chi connectivity index (χ4n) is 4.60. The van der Waals surface area contributed by atoms with Gasteiger partial charge in [-0.15, -0.1) is 11.3 Å². The van der Waals surface area contributed by atoms with Gasteiger partial charge >= 0.3 is 0 Å². The van der Waals surface area contributed by atoms with Gasteiger partial charge in [-0.1, -0.05) is 12.1 Å². The summed E-state index contributed by atoms with van der Waals surface area (Å²) in [6.07, 6.45) is 2.85. The van der Waals surface area contributed by atoms with Crippen molar-refractivity contribution in [3.63, 3.8) is 0 Å². The number of carbonyl (C=O) groups excluding carboxylic acids is 1. The Kier molecular flexibility index (Phi) is 5.86. The molecule has 1 amide bonds. The summed E-state index contributed by atoms with van der Waals surface area (Å²) in [5, 5.41) is 10.9. The van der Waals surface area contributed by atoms with E-state index in [1.807, 2.05) is 23.7 Å².